The van der Waals surface area contributed by atoms with Crippen LogP contribution in [0.2, 0.25) is 0 Å². The van der Waals surface area contributed by atoms with Crippen LogP contribution in [0, 0.1) is 24.7 Å². The molecule has 0 radical (unpaired) electrons. The molecule has 1 aliphatic rings. The summed E-state index contributed by atoms with van der Waals surface area (Å²) in [6.45, 7) is 0. The molecule has 0 bridgehead atoms. The molecule has 20 heavy (non-hydrogen) atoms. The maximum atomic E-state index is 5.51. The molecule has 0 nitrogen and oxygen atoms in total. The Morgan fingerprint density at radius 1 is 0.900 bits per heavy atom. The molecule has 0 aliphatic heterocycles. The van der Waals surface area contributed by atoms with Crippen LogP contribution in [-0.2, 0) is 6.42 Å². The van der Waals surface area contributed by atoms with Gasteiger partial charge in [-0.3, -0.25) is 0 Å². The fourth-order valence-corrected chi connectivity index (χ4v) is 3.14. The van der Waals surface area contributed by atoms with Gasteiger partial charge in [0.2, 0.25) is 0 Å². The number of fused-ring (bicyclic) bond motifs is 3. The lowest BCUT2D eigenvalue weighted by molar-refractivity contribution is 0.729. The molecule has 0 amide bonds. The average Bonchev–Trinajstić information content (AvgIpc) is 2.85. The van der Waals surface area contributed by atoms with Crippen molar-refractivity contribution in [1.29, 1.82) is 0 Å². The maximum absolute atomic E-state index is 5.51. The van der Waals surface area contributed by atoms with Gasteiger partial charge in [0.1, 0.15) is 0 Å². The molecule has 1 aliphatic carbocycles. The lowest BCUT2D eigenvalue weighted by Crippen LogP contribution is -2.01. The molecule has 0 saturated heterocycles. The van der Waals surface area contributed by atoms with Gasteiger partial charge in [0.15, 0.2) is 0 Å². The third-order valence-corrected chi connectivity index (χ3v) is 4.06. The van der Waals surface area contributed by atoms with E-state index in [-0.39, 0.29) is 5.92 Å². The van der Waals surface area contributed by atoms with Crippen molar-refractivity contribution >= 4 is 0 Å². The van der Waals surface area contributed by atoms with E-state index >= 15 is 0 Å². The van der Waals surface area contributed by atoms with Crippen molar-refractivity contribution in [1.82, 2.24) is 0 Å². The minimum absolute atomic E-state index is 0.272. The summed E-state index contributed by atoms with van der Waals surface area (Å²) in [4.78, 5) is 0. The molecule has 0 unspecified atom stereocenters. The van der Waals surface area contributed by atoms with Crippen LogP contribution in [-0.4, -0.2) is 0 Å². The highest BCUT2D eigenvalue weighted by atomic mass is 14.3. The van der Waals surface area contributed by atoms with Gasteiger partial charge in [-0.15, -0.1) is 24.7 Å². The van der Waals surface area contributed by atoms with Gasteiger partial charge >= 0.3 is 0 Å². The Balaban J connectivity index is 2.09. The minimum Gasteiger partial charge on any atom is -0.120 e. The minimum atomic E-state index is 0.272. The second kappa shape index (κ2) is 5.28. The van der Waals surface area contributed by atoms with E-state index in [9.17, 15) is 0 Å². The summed E-state index contributed by atoms with van der Waals surface area (Å²) in [7, 11) is 0. The number of terminal acetylenes is 2. The second-order valence-electron chi connectivity index (χ2n) is 5.22. The van der Waals surface area contributed by atoms with Crippen molar-refractivity contribution in [3.63, 3.8) is 0 Å². The van der Waals surface area contributed by atoms with Gasteiger partial charge < -0.3 is 0 Å². The van der Waals surface area contributed by atoms with Crippen LogP contribution in [0.15, 0.2) is 42.5 Å². The van der Waals surface area contributed by atoms with Crippen LogP contribution in [0.4, 0.5) is 0 Å². The number of rotatable bonds is 3. The molecule has 0 heterocycles. The SMILES string of the molecule is C#CCC(CC#C)c1cccc2c1Cc1ccccc1-2. The van der Waals surface area contributed by atoms with E-state index < -0.39 is 0 Å². The predicted molar refractivity (Wildman–Crippen MR) is 84.3 cm³/mol. The summed E-state index contributed by atoms with van der Waals surface area (Å²) in [6.07, 6.45) is 13.4. The van der Waals surface area contributed by atoms with Crippen LogP contribution in [0.3, 0.4) is 0 Å². The van der Waals surface area contributed by atoms with Gasteiger partial charge in [-0.1, -0.05) is 42.5 Å². The normalized spacial score (nSPS) is 11.6. The smallest absolute Gasteiger partial charge is 0.0164 e. The van der Waals surface area contributed by atoms with E-state index in [4.69, 9.17) is 12.8 Å². The zero-order valence-electron chi connectivity index (χ0n) is 11.4. The predicted octanol–water partition coefficient (Wildman–Crippen LogP) is 4.39. The van der Waals surface area contributed by atoms with Crippen LogP contribution in [0.25, 0.3) is 11.1 Å². The number of benzene rings is 2. The molecule has 0 saturated carbocycles. The van der Waals surface area contributed by atoms with E-state index in [1.807, 2.05) is 0 Å². The Hall–Kier alpha value is -2.44. The summed E-state index contributed by atoms with van der Waals surface area (Å²) < 4.78 is 0. The quantitative estimate of drug-likeness (QED) is 0.610. The standard InChI is InChI=1S/C20H16/c1-3-8-15(9-4-2)17-12-7-13-19-18-11-6-5-10-16(18)14-20(17)19/h1-2,5-7,10-13,15H,8-9,14H2. The molecule has 0 spiro atoms. The van der Waals surface area contributed by atoms with E-state index in [0.717, 1.165) is 6.42 Å². The molecule has 0 N–H and O–H groups in total. The second-order valence-corrected chi connectivity index (χ2v) is 5.22. The molecule has 0 fully saturated rings. The van der Waals surface area contributed by atoms with Crippen molar-refractivity contribution in [2.45, 2.75) is 25.2 Å². The zero-order chi connectivity index (χ0) is 13.9. The Morgan fingerprint density at radius 2 is 1.60 bits per heavy atom. The summed E-state index contributed by atoms with van der Waals surface area (Å²) in [5.74, 6) is 5.81. The molecular formula is C20H16. The first-order valence-corrected chi connectivity index (χ1v) is 6.92. The van der Waals surface area contributed by atoms with Gasteiger partial charge in [0.05, 0.1) is 0 Å². The van der Waals surface area contributed by atoms with Crippen LogP contribution in [0.5, 0.6) is 0 Å². The largest absolute Gasteiger partial charge is 0.120 e. The fourth-order valence-electron chi connectivity index (χ4n) is 3.14. The maximum Gasteiger partial charge on any atom is 0.0164 e. The topological polar surface area (TPSA) is 0 Å². The van der Waals surface area contributed by atoms with Gasteiger partial charge in [0, 0.05) is 18.8 Å². The molecule has 3 rings (SSSR count). The number of hydrogen-bond donors (Lipinski definition) is 0. The Labute approximate surface area is 120 Å². The van der Waals surface area contributed by atoms with Crippen molar-refractivity contribution < 1.29 is 0 Å². The highest BCUT2D eigenvalue weighted by molar-refractivity contribution is 5.78. The van der Waals surface area contributed by atoms with Crippen LogP contribution < -0.4 is 0 Å². The highest BCUT2D eigenvalue weighted by Crippen LogP contribution is 2.41. The molecule has 0 aromatic heterocycles. The third-order valence-electron chi connectivity index (χ3n) is 4.06. The van der Waals surface area contributed by atoms with E-state index in [2.05, 4.69) is 54.3 Å². The van der Waals surface area contributed by atoms with E-state index in [0.29, 0.717) is 12.8 Å². The number of hydrogen-bond acceptors (Lipinski definition) is 0. The van der Waals surface area contributed by atoms with Crippen molar-refractivity contribution in [2.75, 3.05) is 0 Å². The first kappa shape index (κ1) is 12.6. The van der Waals surface area contributed by atoms with Gasteiger partial charge in [-0.05, 0) is 34.2 Å². The average molecular weight is 256 g/mol. The fraction of sp³-hybridized carbons (Fsp3) is 0.200. The molecule has 0 heteroatoms. The molecule has 2 aromatic rings. The Morgan fingerprint density at radius 3 is 2.35 bits per heavy atom. The summed E-state index contributed by atoms with van der Waals surface area (Å²) in [5.41, 5.74) is 6.83. The summed E-state index contributed by atoms with van der Waals surface area (Å²) in [5, 5.41) is 0. The third kappa shape index (κ3) is 2.01. The zero-order valence-corrected chi connectivity index (χ0v) is 11.4. The van der Waals surface area contributed by atoms with Gasteiger partial charge in [0.25, 0.3) is 0 Å². The highest BCUT2D eigenvalue weighted by Gasteiger charge is 2.23. The Kier molecular flexibility index (Phi) is 3.32. The van der Waals surface area contributed by atoms with E-state index in [1.165, 1.54) is 27.8 Å². The van der Waals surface area contributed by atoms with E-state index in [1.54, 1.807) is 0 Å². The van der Waals surface area contributed by atoms with Crippen molar-refractivity contribution in [3.8, 4) is 35.8 Å². The van der Waals surface area contributed by atoms with Crippen LogP contribution >= 0.6 is 0 Å². The molecular weight excluding hydrogens is 240 g/mol. The first-order chi connectivity index (χ1) is 9.85. The van der Waals surface area contributed by atoms with Gasteiger partial charge in [-0.2, -0.15) is 0 Å². The lowest BCUT2D eigenvalue weighted by Gasteiger charge is -2.16. The monoisotopic (exact) mass is 256 g/mol. The van der Waals surface area contributed by atoms with Crippen LogP contribution in [0.1, 0.15) is 35.4 Å². The summed E-state index contributed by atoms with van der Waals surface area (Å²) in [6, 6.07) is 15.1. The van der Waals surface area contributed by atoms with Crippen molar-refractivity contribution in [2.24, 2.45) is 0 Å². The first-order valence-electron chi connectivity index (χ1n) is 6.92. The summed E-state index contributed by atoms with van der Waals surface area (Å²) >= 11 is 0. The Bertz CT molecular complexity index is 706. The molecule has 0 atom stereocenters. The molecule has 2 aromatic carbocycles. The lowest BCUT2D eigenvalue weighted by atomic mass is 9.87. The van der Waals surface area contributed by atoms with Gasteiger partial charge in [-0.25, -0.2) is 0 Å². The molecule has 96 valence electrons. The van der Waals surface area contributed by atoms with Crippen molar-refractivity contribution in [3.05, 3.63) is 59.2 Å².